The standard InChI is InChI=1S/C60H38N2/c1-3-47-49-29-23-42(34-53(49)51-17-10-11-37(2)59(47)51)39-19-26-45(27-20-39)62-58-32-25-44(36-55(58)52-30-22-40-13-6-7-15-48(40)60(52)62)43-24-31-57-54(35-43)50-16-8-9-18-56(50)61(57)46-28-21-38-12-4-5-14-41(38)33-46/h3-36H,1-2H2. The van der Waals surface area contributed by atoms with Gasteiger partial charge >= 0.3 is 0 Å². The lowest BCUT2D eigenvalue weighted by Gasteiger charge is -2.12. The Morgan fingerprint density at radius 2 is 0.968 bits per heavy atom. The summed E-state index contributed by atoms with van der Waals surface area (Å²) < 4.78 is 4.87. The highest BCUT2D eigenvalue weighted by Crippen LogP contribution is 2.41. The Balaban J connectivity index is 0.945. The van der Waals surface area contributed by atoms with E-state index in [-0.39, 0.29) is 0 Å². The van der Waals surface area contributed by atoms with Crippen molar-refractivity contribution in [2.45, 2.75) is 0 Å². The predicted molar refractivity (Wildman–Crippen MR) is 264 cm³/mol. The van der Waals surface area contributed by atoms with Crippen LogP contribution in [0.4, 0.5) is 0 Å². The van der Waals surface area contributed by atoms with Crippen molar-refractivity contribution in [2.75, 3.05) is 0 Å². The number of hydrogen-bond donors (Lipinski definition) is 0. The second-order valence-electron chi connectivity index (χ2n) is 16.6. The molecule has 0 spiro atoms. The van der Waals surface area contributed by atoms with Crippen molar-refractivity contribution >= 4 is 77.3 Å². The minimum atomic E-state index is 1.03. The molecule has 0 atom stereocenters. The predicted octanol–water partition coefficient (Wildman–Crippen LogP) is 14.3. The van der Waals surface area contributed by atoms with Crippen LogP contribution >= 0.6 is 0 Å². The number of fused-ring (bicyclic) bond motifs is 12. The molecule has 0 N–H and O–H groups in total. The highest BCUT2D eigenvalue weighted by atomic mass is 15.0. The lowest BCUT2D eigenvalue weighted by molar-refractivity contribution is 1.19. The molecule has 1 aliphatic carbocycles. The fourth-order valence-electron chi connectivity index (χ4n) is 10.4. The van der Waals surface area contributed by atoms with E-state index in [0.29, 0.717) is 0 Å². The van der Waals surface area contributed by atoms with Gasteiger partial charge in [0.2, 0.25) is 0 Å². The summed E-state index contributed by atoms with van der Waals surface area (Å²) in [7, 11) is 0. The molecule has 2 heteroatoms. The van der Waals surface area contributed by atoms with Crippen molar-refractivity contribution in [1.29, 1.82) is 0 Å². The monoisotopic (exact) mass is 786 g/mol. The maximum Gasteiger partial charge on any atom is 0.0619 e. The SMILES string of the molecule is C=CC1=c2c(cccc2=C)-c2cc(-c3ccc(-n4c5ccc(-c6ccc7c(c6)c6ccccc6n7-c6ccc7ccccc7c6)cc5c5ccc6ccccc6c54)cc3)ccc21. The van der Waals surface area contributed by atoms with Crippen LogP contribution in [0.2, 0.25) is 0 Å². The lowest BCUT2D eigenvalue weighted by Crippen LogP contribution is -2.24. The van der Waals surface area contributed by atoms with E-state index in [4.69, 9.17) is 0 Å². The first-order valence-electron chi connectivity index (χ1n) is 21.3. The number of benzene rings is 10. The number of allylic oxidation sites excluding steroid dienone is 1. The number of aromatic nitrogens is 2. The molecule has 0 aliphatic heterocycles. The van der Waals surface area contributed by atoms with Crippen molar-refractivity contribution < 1.29 is 0 Å². The first kappa shape index (κ1) is 34.6. The van der Waals surface area contributed by atoms with Crippen LogP contribution < -0.4 is 10.4 Å². The first-order valence-corrected chi connectivity index (χ1v) is 21.3. The lowest BCUT2D eigenvalue weighted by atomic mass is 9.96. The fraction of sp³-hybridized carbons (Fsp3) is 0. The van der Waals surface area contributed by atoms with Gasteiger partial charge in [-0.05, 0) is 132 Å². The quantitative estimate of drug-likeness (QED) is 0.164. The van der Waals surface area contributed by atoms with E-state index in [1.54, 1.807) is 0 Å². The average molecular weight is 787 g/mol. The minimum absolute atomic E-state index is 1.03. The molecular weight excluding hydrogens is 749 g/mol. The molecule has 0 fully saturated rings. The summed E-state index contributed by atoms with van der Waals surface area (Å²) in [5.74, 6) is 0. The van der Waals surface area contributed by atoms with Crippen LogP contribution in [-0.2, 0) is 0 Å². The van der Waals surface area contributed by atoms with Crippen molar-refractivity contribution in [1.82, 2.24) is 9.13 Å². The van der Waals surface area contributed by atoms with Gasteiger partial charge in [-0.25, -0.2) is 0 Å². The molecule has 10 aromatic carbocycles. The second-order valence-corrected chi connectivity index (χ2v) is 16.6. The number of para-hydroxylation sites is 1. The molecule has 0 saturated carbocycles. The van der Waals surface area contributed by atoms with E-state index >= 15 is 0 Å². The van der Waals surface area contributed by atoms with Gasteiger partial charge in [0.05, 0.1) is 22.1 Å². The van der Waals surface area contributed by atoms with Gasteiger partial charge in [0, 0.05) is 38.3 Å². The van der Waals surface area contributed by atoms with Gasteiger partial charge in [0.15, 0.2) is 0 Å². The van der Waals surface area contributed by atoms with Crippen LogP contribution in [0.15, 0.2) is 213 Å². The molecule has 2 heterocycles. The van der Waals surface area contributed by atoms with Crippen molar-refractivity contribution in [3.05, 3.63) is 229 Å². The minimum Gasteiger partial charge on any atom is -0.309 e. The number of hydrogen-bond acceptors (Lipinski definition) is 0. The summed E-state index contributed by atoms with van der Waals surface area (Å²) in [6.07, 6.45) is 1.97. The maximum atomic E-state index is 4.34. The molecule has 1 aliphatic rings. The van der Waals surface area contributed by atoms with Gasteiger partial charge in [-0.1, -0.05) is 159 Å². The topological polar surface area (TPSA) is 9.86 Å². The molecule has 0 unspecified atom stereocenters. The van der Waals surface area contributed by atoms with Gasteiger partial charge in [0.1, 0.15) is 0 Å². The zero-order chi connectivity index (χ0) is 41.1. The Bertz CT molecular complexity index is 4010. The van der Waals surface area contributed by atoms with Crippen LogP contribution in [0, 0.1) is 0 Å². The second kappa shape index (κ2) is 13.1. The van der Waals surface area contributed by atoms with Gasteiger partial charge in [-0.3, -0.25) is 0 Å². The summed E-state index contributed by atoms with van der Waals surface area (Å²) >= 11 is 0. The summed E-state index contributed by atoms with van der Waals surface area (Å²) in [6.45, 7) is 8.49. The largest absolute Gasteiger partial charge is 0.309 e. The van der Waals surface area contributed by atoms with Crippen LogP contribution in [-0.4, -0.2) is 9.13 Å². The molecule has 0 amide bonds. The van der Waals surface area contributed by atoms with E-state index in [0.717, 1.165) is 16.5 Å². The molecule has 0 saturated heterocycles. The highest BCUT2D eigenvalue weighted by molar-refractivity contribution is 6.19. The summed E-state index contributed by atoms with van der Waals surface area (Å²) in [4.78, 5) is 0. The Hall–Kier alpha value is -8.20. The van der Waals surface area contributed by atoms with Crippen LogP contribution in [0.25, 0.3) is 122 Å². The van der Waals surface area contributed by atoms with Gasteiger partial charge in [0.25, 0.3) is 0 Å². The number of nitrogens with zero attached hydrogens (tertiary/aromatic N) is 2. The summed E-state index contributed by atoms with van der Waals surface area (Å²) in [6, 6.07) is 73.8. The van der Waals surface area contributed by atoms with E-state index in [1.807, 2.05) is 6.08 Å². The van der Waals surface area contributed by atoms with Gasteiger partial charge in [-0.15, -0.1) is 0 Å². The molecule has 13 rings (SSSR count). The zero-order valence-electron chi connectivity index (χ0n) is 33.9. The van der Waals surface area contributed by atoms with E-state index in [2.05, 4.69) is 222 Å². The molecular formula is C60H38N2. The van der Waals surface area contributed by atoms with E-state index in [9.17, 15) is 0 Å². The van der Waals surface area contributed by atoms with Crippen LogP contribution in [0.5, 0.6) is 0 Å². The average Bonchev–Trinajstić information content (AvgIpc) is 3.97. The molecule has 12 aromatic rings. The van der Waals surface area contributed by atoms with Crippen molar-refractivity contribution in [3.63, 3.8) is 0 Å². The normalized spacial score (nSPS) is 12.3. The van der Waals surface area contributed by atoms with Gasteiger partial charge < -0.3 is 9.13 Å². The van der Waals surface area contributed by atoms with E-state index < -0.39 is 0 Å². The van der Waals surface area contributed by atoms with Crippen LogP contribution in [0.3, 0.4) is 0 Å². The first-order chi connectivity index (χ1) is 30.6. The smallest absolute Gasteiger partial charge is 0.0619 e. The van der Waals surface area contributed by atoms with Crippen LogP contribution in [0.1, 0.15) is 5.56 Å². The third-order valence-electron chi connectivity index (χ3n) is 13.3. The van der Waals surface area contributed by atoms with E-state index in [1.165, 1.54) is 115 Å². The third kappa shape index (κ3) is 4.98. The molecule has 62 heavy (non-hydrogen) atoms. The van der Waals surface area contributed by atoms with Crippen molar-refractivity contribution in [3.8, 4) is 44.8 Å². The Morgan fingerprint density at radius 1 is 0.355 bits per heavy atom. The Kier molecular flexibility index (Phi) is 7.35. The molecule has 0 radical (unpaired) electrons. The summed E-state index contributed by atoms with van der Waals surface area (Å²) in [5.41, 5.74) is 16.7. The van der Waals surface area contributed by atoms with Gasteiger partial charge in [-0.2, -0.15) is 0 Å². The number of rotatable bonds is 5. The van der Waals surface area contributed by atoms with Crippen molar-refractivity contribution in [2.24, 2.45) is 0 Å². The zero-order valence-corrected chi connectivity index (χ0v) is 33.9. The highest BCUT2D eigenvalue weighted by Gasteiger charge is 2.21. The molecule has 288 valence electrons. The Morgan fingerprint density at radius 3 is 1.77 bits per heavy atom. The molecule has 2 nitrogen and oxygen atoms in total. The third-order valence-corrected chi connectivity index (χ3v) is 13.3. The summed E-state index contributed by atoms with van der Waals surface area (Å²) in [5, 5.41) is 12.2. The maximum absolute atomic E-state index is 4.34. The molecule has 2 aromatic heterocycles. The molecule has 0 bridgehead atoms. The Labute approximate surface area is 358 Å². The fourth-order valence-corrected chi connectivity index (χ4v) is 10.4.